The summed E-state index contributed by atoms with van der Waals surface area (Å²) in [5.41, 5.74) is 13.6. The molecule has 1 amide bonds. The number of para-hydroxylation sites is 1. The molecule has 3 rings (SSSR count). The maximum Gasteiger partial charge on any atom is 0.255 e. The van der Waals surface area contributed by atoms with Gasteiger partial charge in [0.05, 0.1) is 23.2 Å². The van der Waals surface area contributed by atoms with Gasteiger partial charge in [-0.2, -0.15) is 5.10 Å². The van der Waals surface area contributed by atoms with Crippen molar-refractivity contribution in [2.75, 3.05) is 14.1 Å². The summed E-state index contributed by atoms with van der Waals surface area (Å²) in [6.45, 7) is 9.13. The number of aromatic amines is 1. The third kappa shape index (κ3) is 4.89. The number of fused-ring (bicyclic) bond motifs is 1. The summed E-state index contributed by atoms with van der Waals surface area (Å²) in [7, 11) is 3.43. The van der Waals surface area contributed by atoms with Crippen LogP contribution in [-0.4, -0.2) is 53.1 Å². The summed E-state index contributed by atoms with van der Waals surface area (Å²) >= 11 is 0. The van der Waals surface area contributed by atoms with E-state index in [-0.39, 0.29) is 5.91 Å². The number of amidine groups is 1. The van der Waals surface area contributed by atoms with E-state index in [1.807, 2.05) is 19.1 Å². The van der Waals surface area contributed by atoms with Crippen LogP contribution in [0.25, 0.3) is 11.0 Å². The van der Waals surface area contributed by atoms with Crippen LogP contribution in [0.4, 0.5) is 0 Å². The van der Waals surface area contributed by atoms with Crippen molar-refractivity contribution in [2.24, 2.45) is 20.8 Å². The number of rotatable bonds is 7. The fourth-order valence-electron chi connectivity index (χ4n) is 3.10. The van der Waals surface area contributed by atoms with Gasteiger partial charge in [-0.15, -0.1) is 0 Å². The van der Waals surface area contributed by atoms with E-state index in [1.165, 1.54) is 11.1 Å². The van der Waals surface area contributed by atoms with Crippen molar-refractivity contribution >= 4 is 35.2 Å². The van der Waals surface area contributed by atoms with Gasteiger partial charge in [0.25, 0.3) is 5.91 Å². The van der Waals surface area contributed by atoms with Gasteiger partial charge in [0, 0.05) is 26.5 Å². The number of benzene rings is 1. The number of allylic oxidation sites excluding steroid dienone is 4. The number of hydrazone groups is 1. The Morgan fingerprint density at radius 3 is 2.78 bits per heavy atom. The summed E-state index contributed by atoms with van der Waals surface area (Å²) in [4.78, 5) is 30.0. The van der Waals surface area contributed by atoms with E-state index in [1.54, 1.807) is 38.5 Å². The topological polar surface area (TPSA) is 124 Å². The first-order chi connectivity index (χ1) is 15.3. The van der Waals surface area contributed by atoms with E-state index in [0.717, 1.165) is 16.7 Å². The number of aromatic nitrogens is 2. The van der Waals surface area contributed by atoms with Crippen molar-refractivity contribution in [3.05, 3.63) is 77.6 Å². The molecule has 0 saturated carbocycles. The van der Waals surface area contributed by atoms with Gasteiger partial charge < -0.3 is 15.6 Å². The van der Waals surface area contributed by atoms with E-state index < -0.39 is 0 Å². The molecular weight excluding hydrogens is 404 g/mol. The number of H-pyrrole nitrogens is 1. The fraction of sp³-hybridized carbons (Fsp3) is 0.174. The number of nitrogens with one attached hydrogen (secondary N) is 2. The summed E-state index contributed by atoms with van der Waals surface area (Å²) in [5.74, 6) is 1.15. The average molecular weight is 431 g/mol. The van der Waals surface area contributed by atoms with Crippen LogP contribution in [0.5, 0.6) is 0 Å². The zero-order chi connectivity index (χ0) is 23.3. The van der Waals surface area contributed by atoms with E-state index >= 15 is 0 Å². The molecule has 0 saturated heterocycles. The van der Waals surface area contributed by atoms with Crippen molar-refractivity contribution < 1.29 is 4.79 Å². The molecule has 0 atom stereocenters. The van der Waals surface area contributed by atoms with Crippen molar-refractivity contribution in [1.29, 1.82) is 0 Å². The number of hydrogen-bond acceptors (Lipinski definition) is 6. The average Bonchev–Trinajstić information content (AvgIpc) is 3.40. The van der Waals surface area contributed by atoms with Gasteiger partial charge in [-0.25, -0.2) is 9.98 Å². The number of aliphatic imine (C=N–C) groups is 2. The molecule has 2 heterocycles. The molecule has 1 aromatic carbocycles. The van der Waals surface area contributed by atoms with Gasteiger partial charge in [-0.05, 0) is 43.0 Å². The number of carbonyl (C=O) groups excluding carboxylic acids is 1. The second-order valence-corrected chi connectivity index (χ2v) is 7.34. The van der Waals surface area contributed by atoms with E-state index in [9.17, 15) is 4.79 Å². The molecule has 9 nitrogen and oxygen atoms in total. The van der Waals surface area contributed by atoms with Gasteiger partial charge in [-0.3, -0.25) is 15.2 Å². The Labute approximate surface area is 186 Å². The molecular formula is C23H26N8O. The number of nitrogens with zero attached hydrogens (tertiary/aromatic N) is 5. The van der Waals surface area contributed by atoms with Crippen LogP contribution < -0.4 is 11.2 Å². The quantitative estimate of drug-likeness (QED) is 0.461. The van der Waals surface area contributed by atoms with Gasteiger partial charge in [0.15, 0.2) is 5.82 Å². The maximum atomic E-state index is 12.4. The van der Waals surface area contributed by atoms with Crippen molar-refractivity contribution in [1.82, 2.24) is 20.3 Å². The monoisotopic (exact) mass is 430 g/mol. The molecule has 0 spiro atoms. The molecule has 32 heavy (non-hydrogen) atoms. The number of carbonyl (C=O) groups is 1. The predicted molar refractivity (Wildman–Crippen MR) is 130 cm³/mol. The molecule has 0 fully saturated rings. The molecule has 4 N–H and O–H groups in total. The highest BCUT2D eigenvalue weighted by Crippen LogP contribution is 2.20. The maximum absolute atomic E-state index is 12.4. The van der Waals surface area contributed by atoms with Crippen LogP contribution in [-0.2, 0) is 0 Å². The first-order valence-corrected chi connectivity index (χ1v) is 9.86. The molecule has 9 heteroatoms. The minimum atomic E-state index is -0.104. The summed E-state index contributed by atoms with van der Waals surface area (Å²) < 4.78 is 0. The first-order valence-electron chi connectivity index (χ1n) is 9.86. The van der Waals surface area contributed by atoms with Crippen molar-refractivity contribution in [3.8, 4) is 0 Å². The lowest BCUT2D eigenvalue weighted by atomic mass is 10.1. The van der Waals surface area contributed by atoms with E-state index in [0.29, 0.717) is 40.6 Å². The Morgan fingerprint density at radius 1 is 1.31 bits per heavy atom. The summed E-state index contributed by atoms with van der Waals surface area (Å²) in [5, 5.41) is 4.34. The zero-order valence-corrected chi connectivity index (χ0v) is 18.4. The van der Waals surface area contributed by atoms with Gasteiger partial charge >= 0.3 is 0 Å². The second-order valence-electron chi connectivity index (χ2n) is 7.34. The zero-order valence-electron chi connectivity index (χ0n) is 18.4. The Morgan fingerprint density at radius 2 is 2.09 bits per heavy atom. The first kappa shape index (κ1) is 22.4. The Bertz CT molecular complexity index is 1220. The van der Waals surface area contributed by atoms with Crippen molar-refractivity contribution in [3.63, 3.8) is 0 Å². The Balaban J connectivity index is 1.82. The second kappa shape index (κ2) is 9.69. The number of hydrogen-bond donors (Lipinski definition) is 3. The normalized spacial score (nSPS) is 16.2. The highest BCUT2D eigenvalue weighted by atomic mass is 16.2. The Hall–Kier alpha value is -4.27. The summed E-state index contributed by atoms with van der Waals surface area (Å²) in [6, 6.07) is 5.47. The lowest BCUT2D eigenvalue weighted by Gasteiger charge is -2.09. The number of nitrogens with two attached hydrogens (primary N) is 1. The number of amides is 1. The minimum Gasteiger partial charge on any atom is -0.397 e. The molecule has 2 aromatic rings. The van der Waals surface area contributed by atoms with Gasteiger partial charge in [0.2, 0.25) is 0 Å². The number of imidazole rings is 1. The highest BCUT2D eigenvalue weighted by molar-refractivity contribution is 6.15. The standard InChI is InChI=1S/C23H26N8O/c1-6-15(14(2)10-16(24)13-25-3)12-26-20-11-19(29-30-20)22-27-18-9-7-8-17(21(18)28-22)23(32)31(4)5/h6-10,12-13H,1,3,11,24H2,2,4-5H3,(H,26,30)(H,27,28)/b14-10+,15-12+,16-13+. The largest absolute Gasteiger partial charge is 0.397 e. The van der Waals surface area contributed by atoms with Gasteiger partial charge in [0.1, 0.15) is 17.1 Å². The molecule has 0 aliphatic carbocycles. The lowest BCUT2D eigenvalue weighted by Crippen LogP contribution is -2.21. The minimum absolute atomic E-state index is 0.104. The lowest BCUT2D eigenvalue weighted by molar-refractivity contribution is 0.0829. The third-order valence-electron chi connectivity index (χ3n) is 4.74. The molecule has 1 aromatic heterocycles. The SMILES string of the molecule is C=CC(=C\N=C1CC(c2nc3c(C(=O)N(C)C)cccc3[nH]2)=NN1)/C(C)=C/C(N)=C\N=C. The highest BCUT2D eigenvalue weighted by Gasteiger charge is 2.21. The van der Waals surface area contributed by atoms with Gasteiger partial charge in [-0.1, -0.05) is 18.7 Å². The fourth-order valence-corrected chi connectivity index (χ4v) is 3.10. The van der Waals surface area contributed by atoms with Crippen molar-refractivity contribution in [2.45, 2.75) is 13.3 Å². The van der Waals surface area contributed by atoms with Crippen LogP contribution in [0.3, 0.4) is 0 Å². The van der Waals surface area contributed by atoms with E-state index in [2.05, 4.69) is 43.8 Å². The predicted octanol–water partition coefficient (Wildman–Crippen LogP) is 2.88. The van der Waals surface area contributed by atoms with Crippen LogP contribution in [0.1, 0.15) is 29.5 Å². The smallest absolute Gasteiger partial charge is 0.255 e. The molecule has 164 valence electrons. The molecule has 1 aliphatic rings. The third-order valence-corrected chi connectivity index (χ3v) is 4.74. The van der Waals surface area contributed by atoms with Crippen LogP contribution in [0, 0.1) is 0 Å². The molecule has 0 radical (unpaired) electrons. The molecule has 0 bridgehead atoms. The summed E-state index contributed by atoms with van der Waals surface area (Å²) in [6.07, 6.45) is 7.10. The Kier molecular flexibility index (Phi) is 6.79. The van der Waals surface area contributed by atoms with Crippen LogP contribution in [0.2, 0.25) is 0 Å². The molecule has 1 aliphatic heterocycles. The molecule has 0 unspecified atom stereocenters. The van der Waals surface area contributed by atoms with Crippen LogP contribution in [0.15, 0.2) is 81.3 Å². The van der Waals surface area contributed by atoms with E-state index in [4.69, 9.17) is 5.73 Å². The van der Waals surface area contributed by atoms with Crippen LogP contribution >= 0.6 is 0 Å².